The van der Waals surface area contributed by atoms with E-state index in [9.17, 15) is 9.90 Å². The van der Waals surface area contributed by atoms with Gasteiger partial charge >= 0.3 is 5.97 Å². The predicted octanol–water partition coefficient (Wildman–Crippen LogP) is 2.61. The fraction of sp³-hybridized carbons (Fsp3) is 0.929. The number of hydrogen-bond donors (Lipinski definition) is 1. The molecule has 0 aromatic carbocycles. The van der Waals surface area contributed by atoms with Crippen LogP contribution >= 0.6 is 0 Å². The predicted molar refractivity (Wildman–Crippen MR) is 67.9 cm³/mol. The van der Waals surface area contributed by atoms with Gasteiger partial charge in [-0.2, -0.15) is 0 Å². The van der Waals surface area contributed by atoms with Gasteiger partial charge in [-0.15, -0.1) is 0 Å². The summed E-state index contributed by atoms with van der Waals surface area (Å²) in [6, 6.07) is 0.634. The highest BCUT2D eigenvalue weighted by molar-refractivity contribution is 5.75. The highest BCUT2D eigenvalue weighted by Gasteiger charge is 2.49. The van der Waals surface area contributed by atoms with Gasteiger partial charge in [0, 0.05) is 12.6 Å². The Bertz CT molecular complexity index is 299. The smallest absolute Gasteiger partial charge is 0.311 e. The van der Waals surface area contributed by atoms with Crippen LogP contribution in [0, 0.1) is 17.3 Å². The summed E-state index contributed by atoms with van der Waals surface area (Å²) >= 11 is 0. The number of aliphatic carboxylic acids is 1. The normalized spacial score (nSPS) is 32.0. The Hall–Kier alpha value is -0.570. The van der Waals surface area contributed by atoms with Crippen LogP contribution in [0.5, 0.6) is 0 Å². The Morgan fingerprint density at radius 1 is 1.47 bits per heavy atom. The molecule has 1 N–H and O–H groups in total. The van der Waals surface area contributed by atoms with E-state index >= 15 is 0 Å². The van der Waals surface area contributed by atoms with E-state index in [-0.39, 0.29) is 5.92 Å². The number of likely N-dealkylation sites (tertiary alicyclic amines) is 1. The first kappa shape index (κ1) is 12.9. The highest BCUT2D eigenvalue weighted by Crippen LogP contribution is 2.44. The molecule has 0 spiro atoms. The van der Waals surface area contributed by atoms with Crippen LogP contribution in [0.1, 0.15) is 46.5 Å². The second-order valence-electron chi connectivity index (χ2n) is 6.15. The second kappa shape index (κ2) is 4.60. The Kier molecular flexibility index (Phi) is 3.48. The second-order valence-corrected chi connectivity index (χ2v) is 6.15. The van der Waals surface area contributed by atoms with E-state index in [1.165, 1.54) is 19.3 Å². The minimum atomic E-state index is -0.597. The number of nitrogens with zero attached hydrogens (tertiary/aromatic N) is 1. The molecule has 17 heavy (non-hydrogen) atoms. The standard InChI is InChI=1S/C14H25NO2/c1-4-12(11-5-6-11)15-8-7-14(9-15,10(2)3)13(16)17/h10-12H,4-9H2,1-3H3,(H,16,17). The van der Waals surface area contributed by atoms with Gasteiger partial charge in [0.25, 0.3) is 0 Å². The largest absolute Gasteiger partial charge is 0.481 e. The van der Waals surface area contributed by atoms with Gasteiger partial charge in [0.1, 0.15) is 0 Å². The van der Waals surface area contributed by atoms with Gasteiger partial charge in [-0.3, -0.25) is 9.69 Å². The number of hydrogen-bond acceptors (Lipinski definition) is 2. The molecule has 0 bridgehead atoms. The zero-order valence-electron chi connectivity index (χ0n) is 11.3. The average Bonchev–Trinajstić information content (AvgIpc) is 2.97. The van der Waals surface area contributed by atoms with Crippen LogP contribution in [0.4, 0.5) is 0 Å². The zero-order valence-corrected chi connectivity index (χ0v) is 11.3. The molecule has 3 nitrogen and oxygen atoms in total. The lowest BCUT2D eigenvalue weighted by Gasteiger charge is -2.32. The topological polar surface area (TPSA) is 40.5 Å². The van der Waals surface area contributed by atoms with Crippen LogP contribution in [-0.2, 0) is 4.79 Å². The molecule has 2 unspecified atom stereocenters. The zero-order chi connectivity index (χ0) is 12.6. The lowest BCUT2D eigenvalue weighted by molar-refractivity contribution is -0.151. The van der Waals surface area contributed by atoms with E-state index < -0.39 is 11.4 Å². The van der Waals surface area contributed by atoms with E-state index in [1.807, 2.05) is 0 Å². The Morgan fingerprint density at radius 2 is 2.12 bits per heavy atom. The molecule has 0 aromatic rings. The third-order valence-electron chi connectivity index (χ3n) is 4.91. The minimum absolute atomic E-state index is 0.224. The molecular formula is C14H25NO2. The molecule has 0 radical (unpaired) electrons. The summed E-state index contributed by atoms with van der Waals surface area (Å²) in [5.74, 6) is 0.471. The molecule has 1 aliphatic heterocycles. The van der Waals surface area contributed by atoms with Gasteiger partial charge in [-0.1, -0.05) is 20.8 Å². The first-order chi connectivity index (χ1) is 8.01. The number of carbonyl (C=O) groups is 1. The Morgan fingerprint density at radius 3 is 2.47 bits per heavy atom. The molecule has 1 saturated heterocycles. The molecule has 1 heterocycles. The molecule has 2 fully saturated rings. The molecule has 0 aromatic heterocycles. The van der Waals surface area contributed by atoms with Gasteiger partial charge in [0.15, 0.2) is 0 Å². The maximum Gasteiger partial charge on any atom is 0.311 e. The summed E-state index contributed by atoms with van der Waals surface area (Å²) in [6.07, 6.45) is 4.68. The van der Waals surface area contributed by atoms with Gasteiger partial charge in [-0.05, 0) is 44.1 Å². The number of carboxylic acids is 1. The summed E-state index contributed by atoms with van der Waals surface area (Å²) in [5.41, 5.74) is -0.498. The maximum atomic E-state index is 11.6. The Balaban J connectivity index is 2.08. The SMILES string of the molecule is CCC(C1CC1)N1CCC(C(=O)O)(C(C)C)C1. The van der Waals surface area contributed by atoms with Crippen molar-refractivity contribution in [3.8, 4) is 0 Å². The highest BCUT2D eigenvalue weighted by atomic mass is 16.4. The van der Waals surface area contributed by atoms with Crippen molar-refractivity contribution in [3.05, 3.63) is 0 Å². The molecule has 0 amide bonds. The first-order valence-electron chi connectivity index (χ1n) is 6.98. The molecule has 1 aliphatic carbocycles. The fourth-order valence-corrected chi connectivity index (χ4v) is 3.41. The molecule has 2 rings (SSSR count). The lowest BCUT2D eigenvalue weighted by atomic mass is 9.76. The molecule has 2 atom stereocenters. The third kappa shape index (κ3) is 2.22. The van der Waals surface area contributed by atoms with Crippen molar-refractivity contribution in [3.63, 3.8) is 0 Å². The number of carboxylic acid groups (broad SMARTS) is 1. The maximum absolute atomic E-state index is 11.6. The van der Waals surface area contributed by atoms with Crippen LogP contribution in [0.2, 0.25) is 0 Å². The molecular weight excluding hydrogens is 214 g/mol. The third-order valence-corrected chi connectivity index (χ3v) is 4.91. The Labute approximate surface area is 104 Å². The van der Waals surface area contributed by atoms with Crippen molar-refractivity contribution >= 4 is 5.97 Å². The van der Waals surface area contributed by atoms with E-state index in [1.54, 1.807) is 0 Å². The summed E-state index contributed by atoms with van der Waals surface area (Å²) in [7, 11) is 0. The summed E-state index contributed by atoms with van der Waals surface area (Å²) in [4.78, 5) is 14.0. The van der Waals surface area contributed by atoms with Gasteiger partial charge < -0.3 is 5.11 Å². The van der Waals surface area contributed by atoms with Gasteiger partial charge in [-0.25, -0.2) is 0 Å². The fourth-order valence-electron chi connectivity index (χ4n) is 3.41. The molecule has 98 valence electrons. The lowest BCUT2D eigenvalue weighted by Crippen LogP contribution is -2.42. The van der Waals surface area contributed by atoms with Crippen LogP contribution in [0.25, 0.3) is 0 Å². The first-order valence-corrected chi connectivity index (χ1v) is 6.98. The molecule has 1 saturated carbocycles. The van der Waals surface area contributed by atoms with E-state index in [2.05, 4.69) is 25.7 Å². The summed E-state index contributed by atoms with van der Waals surface area (Å²) in [6.45, 7) is 8.07. The van der Waals surface area contributed by atoms with Crippen molar-refractivity contribution in [1.29, 1.82) is 0 Å². The van der Waals surface area contributed by atoms with Crippen LogP contribution in [-0.4, -0.2) is 35.1 Å². The van der Waals surface area contributed by atoms with Crippen molar-refractivity contribution in [2.24, 2.45) is 17.3 Å². The number of rotatable bonds is 5. The van der Waals surface area contributed by atoms with Crippen molar-refractivity contribution in [2.45, 2.75) is 52.5 Å². The van der Waals surface area contributed by atoms with E-state index in [0.717, 1.165) is 25.4 Å². The monoisotopic (exact) mass is 239 g/mol. The van der Waals surface area contributed by atoms with Gasteiger partial charge in [0.05, 0.1) is 5.41 Å². The van der Waals surface area contributed by atoms with E-state index in [4.69, 9.17) is 0 Å². The van der Waals surface area contributed by atoms with Crippen molar-refractivity contribution in [1.82, 2.24) is 4.90 Å². The van der Waals surface area contributed by atoms with Crippen LogP contribution in [0.3, 0.4) is 0 Å². The van der Waals surface area contributed by atoms with Crippen LogP contribution in [0.15, 0.2) is 0 Å². The minimum Gasteiger partial charge on any atom is -0.481 e. The average molecular weight is 239 g/mol. The summed E-state index contributed by atoms with van der Waals surface area (Å²) < 4.78 is 0. The van der Waals surface area contributed by atoms with Crippen LogP contribution < -0.4 is 0 Å². The van der Waals surface area contributed by atoms with Gasteiger partial charge in [0.2, 0.25) is 0 Å². The van der Waals surface area contributed by atoms with Crippen molar-refractivity contribution < 1.29 is 9.90 Å². The van der Waals surface area contributed by atoms with Crippen molar-refractivity contribution in [2.75, 3.05) is 13.1 Å². The quantitative estimate of drug-likeness (QED) is 0.801. The van der Waals surface area contributed by atoms with E-state index in [0.29, 0.717) is 6.04 Å². The summed E-state index contributed by atoms with van der Waals surface area (Å²) in [5, 5.41) is 9.53. The molecule has 2 aliphatic rings. The molecule has 3 heteroatoms.